The lowest BCUT2D eigenvalue weighted by Gasteiger charge is -2.09. The van der Waals surface area contributed by atoms with Crippen molar-refractivity contribution in [1.82, 2.24) is 0 Å². The minimum atomic E-state index is -0.625. The van der Waals surface area contributed by atoms with E-state index in [4.69, 9.17) is 5.11 Å². The number of hydrogen-bond donors (Lipinski definition) is 1. The molecule has 0 radical (unpaired) electrons. The molecule has 2 heteroatoms. The molecule has 0 aromatic heterocycles. The molecule has 0 fully saturated rings. The molecule has 0 rings (SSSR count). The number of hydrogen-bond acceptors (Lipinski definition) is 1. The SMILES string of the molecule is CCC(CCCCCCC(C)C)C(=O)O. The van der Waals surface area contributed by atoms with Crippen LogP contribution in [-0.2, 0) is 4.79 Å². The summed E-state index contributed by atoms with van der Waals surface area (Å²) in [7, 11) is 0. The van der Waals surface area contributed by atoms with Gasteiger partial charge in [0.05, 0.1) is 5.92 Å². The largest absolute Gasteiger partial charge is 0.481 e. The first-order valence-corrected chi connectivity index (χ1v) is 6.30. The van der Waals surface area contributed by atoms with E-state index in [0.717, 1.165) is 25.2 Å². The monoisotopic (exact) mass is 214 g/mol. The van der Waals surface area contributed by atoms with Gasteiger partial charge >= 0.3 is 5.97 Å². The van der Waals surface area contributed by atoms with Gasteiger partial charge in [0.25, 0.3) is 0 Å². The Balaban J connectivity index is 3.33. The highest BCUT2D eigenvalue weighted by Crippen LogP contribution is 2.15. The van der Waals surface area contributed by atoms with Gasteiger partial charge in [-0.2, -0.15) is 0 Å². The van der Waals surface area contributed by atoms with Gasteiger partial charge in [0, 0.05) is 0 Å². The molecule has 0 spiro atoms. The third kappa shape index (κ3) is 8.46. The minimum Gasteiger partial charge on any atom is -0.481 e. The molecular weight excluding hydrogens is 188 g/mol. The number of carboxylic acids is 1. The van der Waals surface area contributed by atoms with E-state index in [0.29, 0.717) is 0 Å². The van der Waals surface area contributed by atoms with Crippen LogP contribution in [0.3, 0.4) is 0 Å². The normalized spacial score (nSPS) is 13.1. The predicted molar refractivity (Wildman–Crippen MR) is 64.0 cm³/mol. The maximum absolute atomic E-state index is 10.7. The lowest BCUT2D eigenvalue weighted by molar-refractivity contribution is -0.142. The molecule has 0 saturated heterocycles. The van der Waals surface area contributed by atoms with E-state index in [-0.39, 0.29) is 5.92 Å². The van der Waals surface area contributed by atoms with Gasteiger partial charge in [0.2, 0.25) is 0 Å². The summed E-state index contributed by atoms with van der Waals surface area (Å²) in [5.74, 6) is 0.0576. The van der Waals surface area contributed by atoms with Crippen molar-refractivity contribution in [2.24, 2.45) is 11.8 Å². The average Bonchev–Trinajstić information content (AvgIpc) is 2.15. The third-order valence-electron chi connectivity index (χ3n) is 2.93. The van der Waals surface area contributed by atoms with Crippen molar-refractivity contribution >= 4 is 5.97 Å². The molecule has 1 N–H and O–H groups in total. The van der Waals surface area contributed by atoms with Crippen LogP contribution in [0.4, 0.5) is 0 Å². The third-order valence-corrected chi connectivity index (χ3v) is 2.93. The van der Waals surface area contributed by atoms with Crippen LogP contribution < -0.4 is 0 Å². The summed E-state index contributed by atoms with van der Waals surface area (Å²) in [6.07, 6.45) is 7.74. The Labute approximate surface area is 94.1 Å². The predicted octanol–water partition coefficient (Wildman–Crippen LogP) is 4.09. The molecule has 15 heavy (non-hydrogen) atoms. The summed E-state index contributed by atoms with van der Waals surface area (Å²) in [4.78, 5) is 10.7. The quantitative estimate of drug-likeness (QED) is 0.587. The first-order chi connectivity index (χ1) is 7.07. The highest BCUT2D eigenvalue weighted by molar-refractivity contribution is 5.69. The van der Waals surface area contributed by atoms with Crippen LogP contribution in [-0.4, -0.2) is 11.1 Å². The summed E-state index contributed by atoms with van der Waals surface area (Å²) in [6, 6.07) is 0. The van der Waals surface area contributed by atoms with Crippen molar-refractivity contribution in [1.29, 1.82) is 0 Å². The Kier molecular flexibility index (Phi) is 8.44. The summed E-state index contributed by atoms with van der Waals surface area (Å²) >= 11 is 0. The molecular formula is C13H26O2. The lowest BCUT2D eigenvalue weighted by Crippen LogP contribution is -2.12. The molecule has 0 aromatic carbocycles. The van der Waals surface area contributed by atoms with Gasteiger partial charge < -0.3 is 5.11 Å². The number of carboxylic acid groups (broad SMARTS) is 1. The number of unbranched alkanes of at least 4 members (excludes halogenated alkanes) is 3. The van der Waals surface area contributed by atoms with E-state index in [2.05, 4.69) is 13.8 Å². The Morgan fingerprint density at radius 2 is 1.60 bits per heavy atom. The van der Waals surface area contributed by atoms with Crippen LogP contribution in [0.1, 0.15) is 65.7 Å². The van der Waals surface area contributed by atoms with Crippen molar-refractivity contribution in [2.75, 3.05) is 0 Å². The van der Waals surface area contributed by atoms with Crippen molar-refractivity contribution in [2.45, 2.75) is 65.7 Å². The molecule has 0 aliphatic rings. The van der Waals surface area contributed by atoms with E-state index in [1.807, 2.05) is 6.92 Å². The minimum absolute atomic E-state index is 0.116. The number of carbonyl (C=O) groups is 1. The lowest BCUT2D eigenvalue weighted by atomic mass is 9.97. The average molecular weight is 214 g/mol. The molecule has 2 nitrogen and oxygen atoms in total. The van der Waals surface area contributed by atoms with Crippen LogP contribution in [0.25, 0.3) is 0 Å². The summed E-state index contributed by atoms with van der Waals surface area (Å²) in [5, 5.41) is 8.85. The fraction of sp³-hybridized carbons (Fsp3) is 0.923. The highest BCUT2D eigenvalue weighted by atomic mass is 16.4. The van der Waals surface area contributed by atoms with E-state index in [1.54, 1.807) is 0 Å². The topological polar surface area (TPSA) is 37.3 Å². The van der Waals surface area contributed by atoms with Crippen molar-refractivity contribution < 1.29 is 9.90 Å². The van der Waals surface area contributed by atoms with Crippen LogP contribution in [0, 0.1) is 11.8 Å². The molecule has 0 aliphatic heterocycles. The Morgan fingerprint density at radius 1 is 1.07 bits per heavy atom. The van der Waals surface area contributed by atoms with Gasteiger partial charge in [-0.15, -0.1) is 0 Å². The number of rotatable bonds is 9. The van der Waals surface area contributed by atoms with Gasteiger partial charge in [-0.05, 0) is 18.8 Å². The second kappa shape index (κ2) is 8.75. The fourth-order valence-electron chi connectivity index (χ4n) is 1.80. The van der Waals surface area contributed by atoms with Crippen LogP contribution in [0.2, 0.25) is 0 Å². The molecule has 1 unspecified atom stereocenters. The standard InChI is InChI=1S/C13H26O2/c1-4-12(13(14)15)10-8-6-5-7-9-11(2)3/h11-12H,4-10H2,1-3H3,(H,14,15). The highest BCUT2D eigenvalue weighted by Gasteiger charge is 2.13. The number of aliphatic carboxylic acids is 1. The van der Waals surface area contributed by atoms with Gasteiger partial charge in [-0.25, -0.2) is 0 Å². The van der Waals surface area contributed by atoms with Crippen LogP contribution in [0.5, 0.6) is 0 Å². The first-order valence-electron chi connectivity index (χ1n) is 6.30. The van der Waals surface area contributed by atoms with Crippen molar-refractivity contribution in [3.8, 4) is 0 Å². The Morgan fingerprint density at radius 3 is 2.00 bits per heavy atom. The molecule has 0 heterocycles. The maximum atomic E-state index is 10.7. The zero-order valence-corrected chi connectivity index (χ0v) is 10.5. The molecule has 0 saturated carbocycles. The second-order valence-electron chi connectivity index (χ2n) is 4.83. The Hall–Kier alpha value is -0.530. The fourth-order valence-corrected chi connectivity index (χ4v) is 1.80. The molecule has 0 aliphatic carbocycles. The molecule has 0 bridgehead atoms. The molecule has 90 valence electrons. The van der Waals surface area contributed by atoms with Crippen LogP contribution >= 0.6 is 0 Å². The van der Waals surface area contributed by atoms with Crippen molar-refractivity contribution in [3.05, 3.63) is 0 Å². The maximum Gasteiger partial charge on any atom is 0.306 e. The van der Waals surface area contributed by atoms with Crippen LogP contribution in [0.15, 0.2) is 0 Å². The summed E-state index contributed by atoms with van der Waals surface area (Å²) in [6.45, 7) is 6.45. The van der Waals surface area contributed by atoms with Gasteiger partial charge in [-0.3, -0.25) is 4.79 Å². The van der Waals surface area contributed by atoms with E-state index >= 15 is 0 Å². The summed E-state index contributed by atoms with van der Waals surface area (Å²) < 4.78 is 0. The zero-order valence-electron chi connectivity index (χ0n) is 10.5. The van der Waals surface area contributed by atoms with Gasteiger partial charge in [0.1, 0.15) is 0 Å². The van der Waals surface area contributed by atoms with Gasteiger partial charge in [-0.1, -0.05) is 52.9 Å². The van der Waals surface area contributed by atoms with Gasteiger partial charge in [0.15, 0.2) is 0 Å². The van der Waals surface area contributed by atoms with E-state index in [1.165, 1.54) is 25.7 Å². The summed E-state index contributed by atoms with van der Waals surface area (Å²) in [5.41, 5.74) is 0. The first kappa shape index (κ1) is 14.5. The smallest absolute Gasteiger partial charge is 0.306 e. The van der Waals surface area contributed by atoms with Crippen molar-refractivity contribution in [3.63, 3.8) is 0 Å². The molecule has 0 aromatic rings. The van der Waals surface area contributed by atoms with E-state index in [9.17, 15) is 4.79 Å². The van der Waals surface area contributed by atoms with E-state index < -0.39 is 5.97 Å². The molecule has 0 amide bonds. The Bertz CT molecular complexity index is 164. The zero-order chi connectivity index (χ0) is 11.7. The second-order valence-corrected chi connectivity index (χ2v) is 4.83. The molecule has 1 atom stereocenters.